The van der Waals surface area contributed by atoms with Crippen molar-refractivity contribution in [1.82, 2.24) is 9.78 Å². The summed E-state index contributed by atoms with van der Waals surface area (Å²) in [7, 11) is 2.57. The van der Waals surface area contributed by atoms with Crippen LogP contribution in [0.15, 0.2) is 0 Å². The zero-order chi connectivity index (χ0) is 10.9. The molecule has 0 aromatic carbocycles. The van der Waals surface area contributed by atoms with Gasteiger partial charge in [-0.1, -0.05) is 11.6 Å². The lowest BCUT2D eigenvalue weighted by molar-refractivity contribution is 0.0576. The normalized spacial score (nSPS) is 9.93. The van der Waals surface area contributed by atoms with Crippen LogP contribution in [0.3, 0.4) is 0 Å². The molecule has 0 saturated heterocycles. The number of hydrogen-bond acceptors (Lipinski definition) is 4. The monoisotopic (exact) mass is 218 g/mol. The molecule has 0 bridgehead atoms. The number of carbonyl (C=O) groups excluding carboxylic acids is 1. The maximum Gasteiger partial charge on any atom is 0.359 e. The Morgan fingerprint density at radius 3 is 2.57 bits per heavy atom. The van der Waals surface area contributed by atoms with Crippen molar-refractivity contribution in [3.63, 3.8) is 0 Å². The van der Waals surface area contributed by atoms with E-state index in [1.807, 2.05) is 0 Å². The molecule has 0 fully saturated rings. The van der Waals surface area contributed by atoms with Gasteiger partial charge >= 0.3 is 11.9 Å². The Morgan fingerprint density at radius 1 is 1.57 bits per heavy atom. The number of halogens is 1. The minimum Gasteiger partial charge on any atom is -0.477 e. The fraction of sp³-hybridized carbons (Fsp3) is 0.286. The van der Waals surface area contributed by atoms with Crippen LogP contribution in [0.25, 0.3) is 0 Å². The average molecular weight is 219 g/mol. The van der Waals surface area contributed by atoms with Crippen molar-refractivity contribution >= 4 is 23.5 Å². The summed E-state index contributed by atoms with van der Waals surface area (Å²) in [5, 5.41) is 12.3. The number of esters is 1. The number of rotatable bonds is 2. The van der Waals surface area contributed by atoms with Gasteiger partial charge in [0.1, 0.15) is 10.7 Å². The zero-order valence-corrected chi connectivity index (χ0v) is 8.20. The first-order chi connectivity index (χ1) is 6.49. The van der Waals surface area contributed by atoms with E-state index >= 15 is 0 Å². The highest BCUT2D eigenvalue weighted by Gasteiger charge is 2.26. The van der Waals surface area contributed by atoms with Crippen molar-refractivity contribution in [3.8, 4) is 0 Å². The number of aromatic carboxylic acids is 1. The van der Waals surface area contributed by atoms with Crippen molar-refractivity contribution in [3.05, 3.63) is 16.4 Å². The van der Waals surface area contributed by atoms with Gasteiger partial charge in [0.15, 0.2) is 5.69 Å². The number of carboxylic acids is 1. The number of aromatic nitrogens is 2. The van der Waals surface area contributed by atoms with Crippen molar-refractivity contribution in [2.24, 2.45) is 7.05 Å². The predicted octanol–water partition coefficient (Wildman–Crippen LogP) is 0.558. The molecule has 14 heavy (non-hydrogen) atoms. The van der Waals surface area contributed by atoms with Crippen molar-refractivity contribution in [2.75, 3.05) is 7.11 Å². The van der Waals surface area contributed by atoms with Crippen LogP contribution in [0, 0.1) is 0 Å². The smallest absolute Gasteiger partial charge is 0.359 e. The van der Waals surface area contributed by atoms with E-state index in [0.717, 1.165) is 11.8 Å². The van der Waals surface area contributed by atoms with Crippen molar-refractivity contribution in [2.45, 2.75) is 0 Å². The molecule has 0 unspecified atom stereocenters. The molecule has 0 spiro atoms. The standard InChI is InChI=1S/C7H7ClN2O4/c1-10-5(8)3(6(11)12)4(9-10)7(13)14-2/h1-2H3,(H,11,12). The summed E-state index contributed by atoms with van der Waals surface area (Å²) in [6, 6.07) is 0. The van der Waals surface area contributed by atoms with Crippen LogP contribution < -0.4 is 0 Å². The Bertz CT molecular complexity index is 399. The van der Waals surface area contributed by atoms with Gasteiger partial charge in [0.05, 0.1) is 7.11 Å². The number of carbonyl (C=O) groups is 2. The largest absolute Gasteiger partial charge is 0.477 e. The molecule has 0 aliphatic heterocycles. The van der Waals surface area contributed by atoms with Gasteiger partial charge in [0.25, 0.3) is 0 Å². The Labute approximate surface area is 84.0 Å². The van der Waals surface area contributed by atoms with Gasteiger partial charge in [0, 0.05) is 7.05 Å². The fourth-order valence-corrected chi connectivity index (χ4v) is 1.14. The molecule has 0 aliphatic carbocycles. The first-order valence-corrected chi connectivity index (χ1v) is 3.91. The number of carboxylic acid groups (broad SMARTS) is 1. The molecule has 1 heterocycles. The Kier molecular flexibility index (Phi) is 2.76. The summed E-state index contributed by atoms with van der Waals surface area (Å²) in [6.07, 6.45) is 0. The number of aryl methyl sites for hydroxylation is 1. The molecule has 1 aromatic rings. The molecule has 0 radical (unpaired) electrons. The van der Waals surface area contributed by atoms with E-state index in [-0.39, 0.29) is 16.4 Å². The molecule has 0 aliphatic rings. The molecule has 0 amide bonds. The third-order valence-electron chi connectivity index (χ3n) is 1.57. The second-order valence-corrected chi connectivity index (χ2v) is 2.79. The van der Waals surface area contributed by atoms with Crippen LogP contribution in [0.1, 0.15) is 20.8 Å². The second-order valence-electron chi connectivity index (χ2n) is 2.43. The highest BCUT2D eigenvalue weighted by molar-refractivity contribution is 6.33. The summed E-state index contributed by atoms with van der Waals surface area (Å²) >= 11 is 5.62. The summed E-state index contributed by atoms with van der Waals surface area (Å²) < 4.78 is 5.45. The predicted molar refractivity (Wildman–Crippen MR) is 46.5 cm³/mol. The summed E-state index contributed by atoms with van der Waals surface area (Å²) in [6.45, 7) is 0. The van der Waals surface area contributed by atoms with Gasteiger partial charge < -0.3 is 9.84 Å². The minimum atomic E-state index is -1.32. The van der Waals surface area contributed by atoms with E-state index in [0.29, 0.717) is 0 Å². The quantitative estimate of drug-likeness (QED) is 0.734. The maximum atomic E-state index is 11.1. The third-order valence-corrected chi connectivity index (χ3v) is 2.00. The Morgan fingerprint density at radius 2 is 2.14 bits per heavy atom. The van der Waals surface area contributed by atoms with Gasteiger partial charge in [0.2, 0.25) is 0 Å². The summed E-state index contributed by atoms with van der Waals surface area (Å²) in [4.78, 5) is 21.8. The second kappa shape index (κ2) is 3.67. The average Bonchev–Trinajstić information content (AvgIpc) is 2.42. The Balaban J connectivity index is 3.36. The molecule has 1 aromatic heterocycles. The minimum absolute atomic E-state index is 0.113. The molecule has 6 nitrogen and oxygen atoms in total. The van der Waals surface area contributed by atoms with E-state index in [1.54, 1.807) is 0 Å². The van der Waals surface area contributed by atoms with Crippen molar-refractivity contribution in [1.29, 1.82) is 0 Å². The van der Waals surface area contributed by atoms with E-state index in [2.05, 4.69) is 9.84 Å². The lowest BCUT2D eigenvalue weighted by Gasteiger charge is -1.94. The number of methoxy groups -OCH3 is 1. The van der Waals surface area contributed by atoms with Crippen LogP contribution in [0.2, 0.25) is 5.15 Å². The highest BCUT2D eigenvalue weighted by Crippen LogP contribution is 2.19. The van der Waals surface area contributed by atoms with Crippen LogP contribution in [-0.4, -0.2) is 33.9 Å². The first kappa shape index (κ1) is 10.5. The van der Waals surface area contributed by atoms with Gasteiger partial charge in [-0.05, 0) is 0 Å². The Hall–Kier alpha value is -1.56. The van der Waals surface area contributed by atoms with Crippen molar-refractivity contribution < 1.29 is 19.4 Å². The number of hydrogen-bond donors (Lipinski definition) is 1. The number of ether oxygens (including phenoxy) is 1. The molecule has 0 atom stereocenters. The lowest BCUT2D eigenvalue weighted by Crippen LogP contribution is -2.09. The molecule has 76 valence electrons. The van der Waals surface area contributed by atoms with Crippen LogP contribution in [0.5, 0.6) is 0 Å². The van der Waals surface area contributed by atoms with E-state index in [9.17, 15) is 9.59 Å². The van der Waals surface area contributed by atoms with Crippen LogP contribution in [-0.2, 0) is 11.8 Å². The molecule has 0 saturated carbocycles. The SMILES string of the molecule is COC(=O)c1nn(C)c(Cl)c1C(=O)O. The number of nitrogens with zero attached hydrogens (tertiary/aromatic N) is 2. The van der Waals surface area contributed by atoms with Gasteiger partial charge in [-0.15, -0.1) is 0 Å². The zero-order valence-electron chi connectivity index (χ0n) is 7.44. The first-order valence-electron chi connectivity index (χ1n) is 3.53. The third kappa shape index (κ3) is 1.56. The van der Waals surface area contributed by atoms with Gasteiger partial charge in [-0.25, -0.2) is 9.59 Å². The van der Waals surface area contributed by atoms with Crippen LogP contribution in [0.4, 0.5) is 0 Å². The van der Waals surface area contributed by atoms with Gasteiger partial charge in [-0.2, -0.15) is 5.10 Å². The molecular weight excluding hydrogens is 212 g/mol. The summed E-state index contributed by atoms with van der Waals surface area (Å²) in [5.41, 5.74) is -0.645. The van der Waals surface area contributed by atoms with E-state index in [4.69, 9.17) is 16.7 Å². The highest BCUT2D eigenvalue weighted by atomic mass is 35.5. The van der Waals surface area contributed by atoms with E-state index < -0.39 is 11.9 Å². The topological polar surface area (TPSA) is 81.4 Å². The maximum absolute atomic E-state index is 11.1. The lowest BCUT2D eigenvalue weighted by atomic mass is 10.2. The molecular formula is C7H7ClN2O4. The fourth-order valence-electron chi connectivity index (χ4n) is 0.932. The van der Waals surface area contributed by atoms with Crippen LogP contribution >= 0.6 is 11.6 Å². The van der Waals surface area contributed by atoms with Gasteiger partial charge in [-0.3, -0.25) is 4.68 Å². The molecule has 1 rings (SSSR count). The summed E-state index contributed by atoms with van der Waals surface area (Å²) in [5.74, 6) is -2.14. The molecule has 7 heteroatoms. The molecule has 1 N–H and O–H groups in total. The van der Waals surface area contributed by atoms with E-state index in [1.165, 1.54) is 7.05 Å².